The topological polar surface area (TPSA) is 29.1 Å². The van der Waals surface area contributed by atoms with Gasteiger partial charge in [0.05, 0.1) is 0 Å². The molecule has 2 rings (SSSR count). The monoisotopic (exact) mass is 245 g/mol. The van der Waals surface area contributed by atoms with Gasteiger partial charge >= 0.3 is 0 Å². The summed E-state index contributed by atoms with van der Waals surface area (Å²) in [7, 11) is 0. The molecule has 0 radical (unpaired) electrons. The number of carbonyl (C=O) groups excluding carboxylic acids is 1. The predicted octanol–water partition coefficient (Wildman–Crippen LogP) is 3.31. The highest BCUT2D eigenvalue weighted by Gasteiger charge is 2.44. The van der Waals surface area contributed by atoms with Crippen molar-refractivity contribution < 1.29 is 4.79 Å². The van der Waals surface area contributed by atoms with Gasteiger partial charge in [-0.3, -0.25) is 4.79 Å². The zero-order valence-electron chi connectivity index (χ0n) is 11.4. The third kappa shape index (κ3) is 2.58. The van der Waals surface area contributed by atoms with Gasteiger partial charge < -0.3 is 5.32 Å². The molecule has 2 atom stereocenters. The van der Waals surface area contributed by atoms with Crippen LogP contribution in [-0.4, -0.2) is 11.9 Å². The van der Waals surface area contributed by atoms with Gasteiger partial charge in [-0.05, 0) is 30.2 Å². The third-order valence-electron chi connectivity index (χ3n) is 4.32. The molecule has 1 aromatic carbocycles. The van der Waals surface area contributed by atoms with Crippen LogP contribution in [0.2, 0.25) is 0 Å². The van der Waals surface area contributed by atoms with E-state index in [-0.39, 0.29) is 11.3 Å². The Kier molecular flexibility index (Phi) is 4.05. The van der Waals surface area contributed by atoms with E-state index in [1.54, 1.807) is 0 Å². The lowest BCUT2D eigenvalue weighted by Gasteiger charge is -2.33. The van der Waals surface area contributed by atoms with Gasteiger partial charge in [0.15, 0.2) is 0 Å². The molecular formula is C16H23NO. The van der Waals surface area contributed by atoms with Crippen molar-refractivity contribution in [3.8, 4) is 0 Å². The molecule has 1 aliphatic rings. The van der Waals surface area contributed by atoms with Crippen LogP contribution in [0.1, 0.15) is 45.1 Å². The van der Waals surface area contributed by atoms with Crippen molar-refractivity contribution in [1.29, 1.82) is 0 Å². The Hall–Kier alpha value is -1.31. The number of hydrogen-bond donors (Lipinski definition) is 1. The Morgan fingerprint density at radius 2 is 2.00 bits per heavy atom. The highest BCUT2D eigenvalue weighted by atomic mass is 16.2. The van der Waals surface area contributed by atoms with Gasteiger partial charge in [0.25, 0.3) is 0 Å². The molecule has 1 aliphatic heterocycles. The minimum atomic E-state index is 0.168. The number of carbonyl (C=O) groups is 1. The first-order valence-electron chi connectivity index (χ1n) is 7.03. The summed E-state index contributed by atoms with van der Waals surface area (Å²) >= 11 is 0. The van der Waals surface area contributed by atoms with Gasteiger partial charge in [-0.1, -0.05) is 50.6 Å². The van der Waals surface area contributed by atoms with E-state index in [2.05, 4.69) is 43.4 Å². The van der Waals surface area contributed by atoms with Crippen LogP contribution in [0.3, 0.4) is 0 Å². The molecule has 1 N–H and O–H groups in total. The molecule has 1 aromatic rings. The summed E-state index contributed by atoms with van der Waals surface area (Å²) in [6.07, 6.45) is 5.03. The Labute approximate surface area is 110 Å². The lowest BCUT2D eigenvalue weighted by atomic mass is 9.72. The van der Waals surface area contributed by atoms with Gasteiger partial charge in [-0.2, -0.15) is 0 Å². The zero-order valence-corrected chi connectivity index (χ0v) is 11.4. The van der Waals surface area contributed by atoms with Crippen LogP contribution >= 0.6 is 0 Å². The third-order valence-corrected chi connectivity index (χ3v) is 4.32. The minimum Gasteiger partial charge on any atom is -0.352 e. The molecule has 0 saturated carbocycles. The largest absolute Gasteiger partial charge is 0.352 e. The summed E-state index contributed by atoms with van der Waals surface area (Å²) in [5.41, 5.74) is 1.49. The Morgan fingerprint density at radius 1 is 1.28 bits per heavy atom. The SMILES string of the molecule is CCCC1(CC)CC(=O)NC1Cc1ccccc1. The fraction of sp³-hybridized carbons (Fsp3) is 0.562. The Morgan fingerprint density at radius 3 is 2.61 bits per heavy atom. The second-order valence-corrected chi connectivity index (χ2v) is 5.45. The van der Waals surface area contributed by atoms with E-state index in [0.717, 1.165) is 25.7 Å². The van der Waals surface area contributed by atoms with E-state index in [1.165, 1.54) is 5.56 Å². The number of amides is 1. The molecule has 0 bridgehead atoms. The summed E-state index contributed by atoms with van der Waals surface area (Å²) in [4.78, 5) is 11.8. The van der Waals surface area contributed by atoms with E-state index in [4.69, 9.17) is 0 Å². The van der Waals surface area contributed by atoms with Crippen molar-refractivity contribution in [3.05, 3.63) is 35.9 Å². The van der Waals surface area contributed by atoms with Crippen LogP contribution in [0, 0.1) is 5.41 Å². The fourth-order valence-corrected chi connectivity index (χ4v) is 3.27. The van der Waals surface area contributed by atoms with E-state index >= 15 is 0 Å². The predicted molar refractivity (Wildman–Crippen MR) is 74.3 cm³/mol. The lowest BCUT2D eigenvalue weighted by Crippen LogP contribution is -2.38. The normalized spacial score (nSPS) is 27.2. The van der Waals surface area contributed by atoms with Crippen LogP contribution in [0.25, 0.3) is 0 Å². The van der Waals surface area contributed by atoms with E-state index in [9.17, 15) is 4.79 Å². The second kappa shape index (κ2) is 5.55. The Balaban J connectivity index is 2.16. The summed E-state index contributed by atoms with van der Waals surface area (Å²) in [6, 6.07) is 10.8. The molecule has 1 fully saturated rings. The maximum absolute atomic E-state index is 11.8. The van der Waals surface area contributed by atoms with Crippen molar-refractivity contribution in [3.63, 3.8) is 0 Å². The maximum atomic E-state index is 11.8. The first kappa shape index (κ1) is 13.1. The first-order chi connectivity index (χ1) is 8.70. The fourth-order valence-electron chi connectivity index (χ4n) is 3.27. The molecule has 0 aliphatic carbocycles. The minimum absolute atomic E-state index is 0.168. The summed E-state index contributed by atoms with van der Waals surface area (Å²) in [6.45, 7) is 4.42. The summed E-state index contributed by atoms with van der Waals surface area (Å²) in [5.74, 6) is 0.228. The molecule has 2 unspecified atom stereocenters. The average Bonchev–Trinajstić information content (AvgIpc) is 2.68. The van der Waals surface area contributed by atoms with Crippen molar-refractivity contribution in [1.82, 2.24) is 5.32 Å². The van der Waals surface area contributed by atoms with Crippen molar-refractivity contribution in [2.75, 3.05) is 0 Å². The maximum Gasteiger partial charge on any atom is 0.220 e. The quantitative estimate of drug-likeness (QED) is 0.847. The van der Waals surface area contributed by atoms with Gasteiger partial charge in [0.2, 0.25) is 5.91 Å². The van der Waals surface area contributed by atoms with Crippen LogP contribution in [0.4, 0.5) is 0 Å². The molecule has 1 amide bonds. The van der Waals surface area contributed by atoms with Crippen molar-refractivity contribution in [2.24, 2.45) is 5.41 Å². The number of benzene rings is 1. The average molecular weight is 245 g/mol. The molecule has 2 nitrogen and oxygen atoms in total. The standard InChI is InChI=1S/C16H23NO/c1-3-10-16(4-2)12-15(18)17-14(16)11-13-8-6-5-7-9-13/h5-9,14H,3-4,10-12H2,1-2H3,(H,17,18). The highest BCUT2D eigenvalue weighted by Crippen LogP contribution is 2.41. The van der Waals surface area contributed by atoms with Crippen LogP contribution < -0.4 is 5.32 Å². The van der Waals surface area contributed by atoms with E-state index in [1.807, 2.05) is 6.07 Å². The van der Waals surface area contributed by atoms with Gasteiger partial charge in [0.1, 0.15) is 0 Å². The molecule has 98 valence electrons. The molecular weight excluding hydrogens is 222 g/mol. The smallest absolute Gasteiger partial charge is 0.220 e. The summed E-state index contributed by atoms with van der Waals surface area (Å²) in [5, 5.41) is 3.19. The van der Waals surface area contributed by atoms with Gasteiger partial charge in [0, 0.05) is 12.5 Å². The number of rotatable bonds is 5. The van der Waals surface area contributed by atoms with E-state index in [0.29, 0.717) is 12.5 Å². The van der Waals surface area contributed by atoms with Gasteiger partial charge in [-0.25, -0.2) is 0 Å². The summed E-state index contributed by atoms with van der Waals surface area (Å²) < 4.78 is 0. The molecule has 0 aromatic heterocycles. The second-order valence-electron chi connectivity index (χ2n) is 5.45. The number of hydrogen-bond acceptors (Lipinski definition) is 1. The van der Waals surface area contributed by atoms with Crippen LogP contribution in [-0.2, 0) is 11.2 Å². The van der Waals surface area contributed by atoms with E-state index < -0.39 is 0 Å². The van der Waals surface area contributed by atoms with Crippen LogP contribution in [0.5, 0.6) is 0 Å². The van der Waals surface area contributed by atoms with Gasteiger partial charge in [-0.15, -0.1) is 0 Å². The zero-order chi connectivity index (χ0) is 13.0. The lowest BCUT2D eigenvalue weighted by molar-refractivity contribution is -0.119. The van der Waals surface area contributed by atoms with Crippen LogP contribution in [0.15, 0.2) is 30.3 Å². The molecule has 1 saturated heterocycles. The molecule has 1 heterocycles. The highest BCUT2D eigenvalue weighted by molar-refractivity contribution is 5.80. The number of nitrogens with one attached hydrogen (secondary N) is 1. The van der Waals surface area contributed by atoms with Crippen molar-refractivity contribution >= 4 is 5.91 Å². The molecule has 18 heavy (non-hydrogen) atoms. The molecule has 2 heteroatoms. The Bertz CT molecular complexity index is 401. The van der Waals surface area contributed by atoms with Crippen molar-refractivity contribution in [2.45, 2.75) is 52.0 Å². The first-order valence-corrected chi connectivity index (χ1v) is 7.03. The molecule has 0 spiro atoms.